The first-order valence-corrected chi connectivity index (χ1v) is 28.1. The van der Waals surface area contributed by atoms with Gasteiger partial charge in [-0.25, -0.2) is 9.97 Å². The molecule has 0 bridgehead atoms. The second-order valence-electron chi connectivity index (χ2n) is 26.1. The zero-order valence-electron chi connectivity index (χ0n) is 54.2. The standard InChI is InChI=1S/C13H18O2.C12H19NO.C12H16O2.C11H15NO2.C11H17NO.C9H19NO.6CH4/c1-13(2,3)12(14)11(15-4)10-8-6-5-7-9-10;1-5-14-11-7-6-10(9-13-11)8-12(2,3)4;1-12(2,3)11(14)10(13)9-7-5-4-6-8-9;1-11(2,3)10(13)8-5-6-9(14-4)12-7-8;1-11(2,3)6-9-5-10(13-4)8-12-7-9;1-6-10(7-2)8(11)9(3,4)5;;;;;;/h5-9,11H,1-4H3;6-7,9H,5,8H2,1-4H3;4-8,10,13H,1-3H3;5-7H,1-4H3;5,7-8H,6H2,1-4H3;6-7H2,1-5H3;6*1H4/t11-;;10-;;;;;;;;;/m1.1........./s1. The average Bonchev–Trinajstić information content (AvgIpc) is 3.47. The molecule has 5 rings (SSSR count). The van der Waals surface area contributed by atoms with Crippen molar-refractivity contribution in [3.63, 3.8) is 0 Å². The molecule has 13 heteroatoms. The van der Waals surface area contributed by atoms with Crippen LogP contribution >= 0.6 is 0 Å². The number of pyridine rings is 3. The van der Waals surface area contributed by atoms with E-state index in [9.17, 15) is 24.3 Å². The number of hydrogen-bond acceptors (Lipinski definition) is 12. The van der Waals surface area contributed by atoms with Gasteiger partial charge in [-0.2, -0.15) is 0 Å². The zero-order valence-corrected chi connectivity index (χ0v) is 54.2. The fraction of sp³-hybridized carbons (Fsp3) is 0.581. The van der Waals surface area contributed by atoms with Crippen LogP contribution in [0.25, 0.3) is 0 Å². The number of rotatable bonds is 14. The van der Waals surface area contributed by atoms with Gasteiger partial charge >= 0.3 is 0 Å². The van der Waals surface area contributed by atoms with Crippen LogP contribution in [-0.4, -0.2) is 89.2 Å². The van der Waals surface area contributed by atoms with Crippen LogP contribution in [0.3, 0.4) is 0 Å². The van der Waals surface area contributed by atoms with Crippen molar-refractivity contribution in [3.05, 3.63) is 144 Å². The Morgan fingerprint density at radius 3 is 1.28 bits per heavy atom. The molecule has 0 aliphatic carbocycles. The van der Waals surface area contributed by atoms with Crippen molar-refractivity contribution >= 4 is 23.3 Å². The average molecular weight is 1220 g/mol. The van der Waals surface area contributed by atoms with E-state index in [1.807, 2.05) is 182 Å². The maximum absolute atomic E-state index is 12.1. The van der Waals surface area contributed by atoms with Crippen LogP contribution < -0.4 is 14.2 Å². The summed E-state index contributed by atoms with van der Waals surface area (Å²) in [4.78, 5) is 61.3. The number of aliphatic hydroxyl groups is 1. The number of methoxy groups -OCH3 is 3. The van der Waals surface area contributed by atoms with Gasteiger partial charge in [0.2, 0.25) is 17.7 Å². The Morgan fingerprint density at radius 2 is 0.943 bits per heavy atom. The number of carbonyl (C=O) groups is 4. The van der Waals surface area contributed by atoms with Crippen LogP contribution in [0, 0.1) is 32.5 Å². The summed E-state index contributed by atoms with van der Waals surface area (Å²) >= 11 is 0. The van der Waals surface area contributed by atoms with Crippen molar-refractivity contribution in [1.82, 2.24) is 19.9 Å². The minimum atomic E-state index is -1.00. The lowest BCUT2D eigenvalue weighted by molar-refractivity contribution is -0.139. The fourth-order valence-corrected chi connectivity index (χ4v) is 7.31. The molecule has 1 N–H and O–H groups in total. The molecule has 0 radical (unpaired) electrons. The van der Waals surface area contributed by atoms with E-state index in [1.54, 1.807) is 58.0 Å². The highest BCUT2D eigenvalue weighted by atomic mass is 16.5. The Labute approximate surface area is 533 Å². The first kappa shape index (κ1) is 94.4. The molecule has 0 fully saturated rings. The number of ether oxygens (including phenoxy) is 4. The molecule has 2 atom stereocenters. The molecule has 0 saturated heterocycles. The van der Waals surface area contributed by atoms with Crippen molar-refractivity contribution in [3.8, 4) is 17.5 Å². The number of nitrogens with zero attached hydrogens (tertiary/aromatic N) is 4. The van der Waals surface area contributed by atoms with E-state index in [2.05, 4.69) is 62.6 Å². The lowest BCUT2D eigenvalue weighted by Crippen LogP contribution is -2.39. The quantitative estimate of drug-likeness (QED) is 0.105. The van der Waals surface area contributed by atoms with Gasteiger partial charge in [0.15, 0.2) is 17.3 Å². The van der Waals surface area contributed by atoms with Gasteiger partial charge in [0.05, 0.1) is 27.0 Å². The summed E-state index contributed by atoms with van der Waals surface area (Å²) in [5.41, 5.74) is 3.83. The Morgan fingerprint density at radius 1 is 0.494 bits per heavy atom. The molecule has 0 aliphatic heterocycles. The summed E-state index contributed by atoms with van der Waals surface area (Å²) in [5.74, 6) is 2.36. The molecule has 0 unspecified atom stereocenters. The van der Waals surface area contributed by atoms with Crippen molar-refractivity contribution in [2.24, 2.45) is 32.5 Å². The summed E-state index contributed by atoms with van der Waals surface area (Å²) in [6.07, 6.45) is 7.69. The van der Waals surface area contributed by atoms with Crippen LogP contribution in [0.5, 0.6) is 17.5 Å². The minimum absolute atomic E-state index is 0. The lowest BCUT2D eigenvalue weighted by Gasteiger charge is -2.27. The van der Waals surface area contributed by atoms with E-state index in [4.69, 9.17) is 18.9 Å². The number of amides is 1. The predicted octanol–water partition coefficient (Wildman–Crippen LogP) is 19.1. The molecule has 3 aromatic heterocycles. The highest BCUT2D eigenvalue weighted by Crippen LogP contribution is 2.29. The number of aromatic nitrogens is 3. The summed E-state index contributed by atoms with van der Waals surface area (Å²) < 4.78 is 20.6. The number of ketones is 3. The van der Waals surface area contributed by atoms with E-state index < -0.39 is 17.6 Å². The SMILES string of the molecule is C.C.C.C.C.C.CC(C)(C)C(=O)[C@H](O)c1ccccc1.CCN(CC)C(=O)C(C)(C)C.CCOc1ccc(CC(C)(C)C)cn1.CO[C@@H](C(=O)C(C)(C)C)c1ccccc1.COc1ccc(C(=O)C(C)(C)C)cn1.COc1cncc(CC(C)(C)C)c1. The number of Topliss-reactive ketones (excluding diaryl/α,β-unsaturated/α-hetero) is 3. The van der Waals surface area contributed by atoms with E-state index in [0.717, 1.165) is 37.2 Å². The second-order valence-corrected chi connectivity index (χ2v) is 26.1. The van der Waals surface area contributed by atoms with Crippen molar-refractivity contribution < 1.29 is 43.2 Å². The molecule has 5 aromatic rings. The van der Waals surface area contributed by atoms with Crippen LogP contribution in [0.4, 0.5) is 0 Å². The molecule has 0 spiro atoms. The third-order valence-corrected chi connectivity index (χ3v) is 11.6. The Bertz CT molecular complexity index is 2560. The van der Waals surface area contributed by atoms with Crippen LogP contribution in [0.15, 0.2) is 116 Å². The van der Waals surface area contributed by atoms with Crippen LogP contribution in [-0.2, 0) is 32.0 Å². The molecule has 0 saturated carbocycles. The molecule has 3 heterocycles. The van der Waals surface area contributed by atoms with E-state index in [-0.39, 0.29) is 84.1 Å². The van der Waals surface area contributed by atoms with Gasteiger partial charge in [0.1, 0.15) is 18.0 Å². The molecular formula is C74H128N4O9. The van der Waals surface area contributed by atoms with Crippen molar-refractivity contribution in [2.45, 2.75) is 215 Å². The van der Waals surface area contributed by atoms with Gasteiger partial charge in [-0.1, -0.05) is 236 Å². The molecule has 87 heavy (non-hydrogen) atoms. The number of carbonyl (C=O) groups excluding carboxylic acids is 4. The third kappa shape index (κ3) is 39.3. The van der Waals surface area contributed by atoms with Gasteiger partial charge in [-0.15, -0.1) is 0 Å². The number of hydrogen-bond donors (Lipinski definition) is 1. The maximum atomic E-state index is 12.1. The predicted molar refractivity (Wildman–Crippen MR) is 371 cm³/mol. The monoisotopic (exact) mass is 1220 g/mol. The van der Waals surface area contributed by atoms with E-state index in [0.29, 0.717) is 40.3 Å². The van der Waals surface area contributed by atoms with Gasteiger partial charge in [-0.3, -0.25) is 24.2 Å². The molecule has 1 amide bonds. The summed E-state index contributed by atoms with van der Waals surface area (Å²) in [5, 5.41) is 9.78. The summed E-state index contributed by atoms with van der Waals surface area (Å²) in [7, 11) is 4.78. The highest BCUT2D eigenvalue weighted by Gasteiger charge is 2.31. The van der Waals surface area contributed by atoms with Gasteiger partial charge in [0.25, 0.3) is 0 Å². The molecule has 2 aromatic carbocycles. The molecular weight excluding hydrogens is 1090 g/mol. The van der Waals surface area contributed by atoms with E-state index >= 15 is 0 Å². The first-order chi connectivity index (χ1) is 37.3. The Hall–Kier alpha value is -6.31. The number of aliphatic hydroxyl groups excluding tert-OH is 1. The summed E-state index contributed by atoms with van der Waals surface area (Å²) in [6, 6.07) is 28.1. The highest BCUT2D eigenvalue weighted by molar-refractivity contribution is 5.99. The Kier molecular flexibility index (Phi) is 47.9. The van der Waals surface area contributed by atoms with Crippen molar-refractivity contribution in [1.29, 1.82) is 0 Å². The fourth-order valence-electron chi connectivity index (χ4n) is 7.31. The van der Waals surface area contributed by atoms with Gasteiger partial charge < -0.3 is 29.0 Å². The molecule has 498 valence electrons. The topological polar surface area (TPSA) is 167 Å². The normalized spacial score (nSPS) is 11.3. The second kappa shape index (κ2) is 44.2. The van der Waals surface area contributed by atoms with Gasteiger partial charge in [0, 0.05) is 78.1 Å². The van der Waals surface area contributed by atoms with Gasteiger partial charge in [-0.05, 0) is 78.8 Å². The van der Waals surface area contributed by atoms with Crippen LogP contribution in [0.2, 0.25) is 0 Å². The first-order valence-electron chi connectivity index (χ1n) is 28.1. The minimum Gasteiger partial charge on any atom is -0.495 e. The van der Waals surface area contributed by atoms with Crippen LogP contribution in [0.1, 0.15) is 235 Å². The lowest BCUT2D eigenvalue weighted by atomic mass is 9.85. The largest absolute Gasteiger partial charge is 0.495 e. The zero-order chi connectivity index (χ0) is 62.6. The summed E-state index contributed by atoms with van der Waals surface area (Å²) in [6.45, 7) is 44.3. The maximum Gasteiger partial charge on any atom is 0.227 e. The van der Waals surface area contributed by atoms with E-state index in [1.165, 1.54) is 11.1 Å². The molecule has 13 nitrogen and oxygen atoms in total. The van der Waals surface area contributed by atoms with Crippen molar-refractivity contribution in [2.75, 3.05) is 41.0 Å². The number of benzene rings is 2. The third-order valence-electron chi connectivity index (χ3n) is 11.6. The smallest absolute Gasteiger partial charge is 0.227 e. The Balaban J connectivity index is -0.000000175. The molecule has 0 aliphatic rings.